The van der Waals surface area contributed by atoms with Gasteiger partial charge in [0.15, 0.2) is 0 Å². The normalized spacial score (nSPS) is 10.9. The van der Waals surface area contributed by atoms with Crippen LogP contribution in [0.2, 0.25) is 0 Å². The molecule has 1 amide bonds. The lowest BCUT2D eigenvalue weighted by molar-refractivity contribution is -0.130. The summed E-state index contributed by atoms with van der Waals surface area (Å²) < 4.78 is 8.06. The monoisotopic (exact) mass is 395 g/mol. The van der Waals surface area contributed by atoms with Crippen LogP contribution in [0.15, 0.2) is 53.3 Å². The molecular formula is C22H25N3O4. The van der Waals surface area contributed by atoms with Crippen LogP contribution >= 0.6 is 0 Å². The number of imidazole rings is 1. The molecule has 3 rings (SSSR count). The molecule has 7 heteroatoms. The van der Waals surface area contributed by atoms with Crippen LogP contribution in [0, 0.1) is 0 Å². The van der Waals surface area contributed by atoms with E-state index in [0.29, 0.717) is 25.2 Å². The predicted molar refractivity (Wildman–Crippen MR) is 111 cm³/mol. The Kier molecular flexibility index (Phi) is 6.16. The number of carbonyl (C=O) groups excluding carboxylic acids is 2. The van der Waals surface area contributed by atoms with Gasteiger partial charge in [-0.15, -0.1) is 0 Å². The first-order valence-corrected chi connectivity index (χ1v) is 9.55. The van der Waals surface area contributed by atoms with Crippen molar-refractivity contribution >= 4 is 22.9 Å². The molecule has 0 aliphatic rings. The molecule has 0 unspecified atom stereocenters. The number of amides is 1. The van der Waals surface area contributed by atoms with Gasteiger partial charge in [0, 0.05) is 33.1 Å². The molecule has 0 N–H and O–H groups in total. The van der Waals surface area contributed by atoms with Crippen molar-refractivity contribution in [1.82, 2.24) is 14.0 Å². The fourth-order valence-electron chi connectivity index (χ4n) is 3.42. The van der Waals surface area contributed by atoms with Crippen molar-refractivity contribution in [2.45, 2.75) is 33.0 Å². The van der Waals surface area contributed by atoms with E-state index in [2.05, 4.69) is 4.74 Å². The van der Waals surface area contributed by atoms with Gasteiger partial charge in [0.1, 0.15) is 0 Å². The van der Waals surface area contributed by atoms with Crippen molar-refractivity contribution < 1.29 is 14.3 Å². The van der Waals surface area contributed by atoms with E-state index >= 15 is 0 Å². The number of esters is 1. The second-order valence-electron chi connectivity index (χ2n) is 6.86. The van der Waals surface area contributed by atoms with Crippen LogP contribution in [0.5, 0.6) is 0 Å². The summed E-state index contributed by atoms with van der Waals surface area (Å²) >= 11 is 0. The quantitative estimate of drug-likeness (QED) is 0.577. The van der Waals surface area contributed by atoms with Gasteiger partial charge in [-0.05, 0) is 36.8 Å². The molecule has 0 spiro atoms. The van der Waals surface area contributed by atoms with Gasteiger partial charge in [-0.25, -0.2) is 9.59 Å². The Bertz CT molecular complexity index is 1080. The van der Waals surface area contributed by atoms with E-state index in [9.17, 15) is 14.4 Å². The highest BCUT2D eigenvalue weighted by Crippen LogP contribution is 2.14. The number of carbonyl (C=O) groups is 2. The highest BCUT2D eigenvalue weighted by Gasteiger charge is 2.15. The zero-order valence-electron chi connectivity index (χ0n) is 16.9. The first kappa shape index (κ1) is 20.4. The zero-order chi connectivity index (χ0) is 21.0. The Morgan fingerprint density at radius 2 is 1.62 bits per heavy atom. The number of nitrogens with zero attached hydrogens (tertiary/aromatic N) is 3. The van der Waals surface area contributed by atoms with Gasteiger partial charge < -0.3 is 9.64 Å². The number of ether oxygens (including phenoxy) is 1. The molecule has 1 heterocycles. The number of rotatable bonds is 7. The highest BCUT2D eigenvalue weighted by atomic mass is 16.5. The molecule has 0 bridgehead atoms. The molecule has 3 aromatic rings. The Morgan fingerprint density at radius 3 is 2.21 bits per heavy atom. The lowest BCUT2D eigenvalue weighted by Gasteiger charge is -2.17. The van der Waals surface area contributed by atoms with E-state index in [1.54, 1.807) is 45.3 Å². The van der Waals surface area contributed by atoms with Crippen molar-refractivity contribution in [2.24, 2.45) is 0 Å². The van der Waals surface area contributed by atoms with Gasteiger partial charge in [-0.2, -0.15) is 0 Å². The SMILES string of the molecule is CCn1c(=O)n(CCC(=O)N(C)Cc2ccc(C(=O)OC)cc2)c2ccccc21. The number of fused-ring (bicyclic) bond motifs is 1. The number of hydrogen-bond donors (Lipinski definition) is 0. The molecule has 2 aromatic carbocycles. The Balaban J connectivity index is 1.67. The highest BCUT2D eigenvalue weighted by molar-refractivity contribution is 5.89. The van der Waals surface area contributed by atoms with Crippen molar-refractivity contribution in [3.63, 3.8) is 0 Å². The third-order valence-corrected chi connectivity index (χ3v) is 5.01. The number of aryl methyl sites for hydroxylation is 2. The standard InChI is InChI=1S/C22H25N3O4/c1-4-24-18-7-5-6-8-19(18)25(22(24)28)14-13-20(26)23(2)15-16-9-11-17(12-10-16)21(27)29-3/h5-12H,4,13-15H2,1-3H3. The summed E-state index contributed by atoms with van der Waals surface area (Å²) in [6, 6.07) is 14.6. The summed E-state index contributed by atoms with van der Waals surface area (Å²) in [7, 11) is 3.07. The molecule has 0 saturated carbocycles. The maximum atomic E-state index is 12.7. The van der Waals surface area contributed by atoms with E-state index in [1.807, 2.05) is 31.2 Å². The fraction of sp³-hybridized carbons (Fsp3) is 0.318. The van der Waals surface area contributed by atoms with Crippen molar-refractivity contribution in [3.8, 4) is 0 Å². The third kappa shape index (κ3) is 4.23. The van der Waals surface area contributed by atoms with Gasteiger partial charge in [-0.3, -0.25) is 13.9 Å². The lowest BCUT2D eigenvalue weighted by Crippen LogP contribution is -2.29. The maximum absolute atomic E-state index is 12.7. The van der Waals surface area contributed by atoms with E-state index < -0.39 is 5.97 Å². The van der Waals surface area contributed by atoms with Crippen molar-refractivity contribution in [3.05, 3.63) is 70.1 Å². The number of aromatic nitrogens is 2. The molecule has 152 valence electrons. The average molecular weight is 395 g/mol. The van der Waals surface area contributed by atoms with Crippen molar-refractivity contribution in [2.75, 3.05) is 14.2 Å². The summed E-state index contributed by atoms with van der Waals surface area (Å²) in [6.07, 6.45) is 0.231. The Labute approximate surface area is 169 Å². The summed E-state index contributed by atoms with van der Waals surface area (Å²) in [5.41, 5.74) is 3.01. The number of benzene rings is 2. The molecular weight excluding hydrogens is 370 g/mol. The minimum atomic E-state index is -0.391. The Hall–Kier alpha value is -3.35. The molecule has 0 aliphatic carbocycles. The molecule has 1 aromatic heterocycles. The molecule has 0 radical (unpaired) electrons. The summed E-state index contributed by atoms with van der Waals surface area (Å²) in [6.45, 7) is 3.27. The third-order valence-electron chi connectivity index (χ3n) is 5.01. The van der Waals surface area contributed by atoms with Crippen LogP contribution < -0.4 is 5.69 Å². The van der Waals surface area contributed by atoms with Gasteiger partial charge in [0.25, 0.3) is 0 Å². The Morgan fingerprint density at radius 1 is 1.00 bits per heavy atom. The summed E-state index contributed by atoms with van der Waals surface area (Å²) in [5.74, 6) is -0.445. The van der Waals surface area contributed by atoms with Crippen LogP contribution in [0.1, 0.15) is 29.3 Å². The molecule has 0 atom stereocenters. The fourth-order valence-corrected chi connectivity index (χ4v) is 3.42. The molecule has 29 heavy (non-hydrogen) atoms. The first-order chi connectivity index (χ1) is 14.0. The van der Waals surface area contributed by atoms with Crippen LogP contribution in [-0.4, -0.2) is 40.1 Å². The van der Waals surface area contributed by atoms with Crippen LogP contribution in [0.3, 0.4) is 0 Å². The van der Waals surface area contributed by atoms with Gasteiger partial charge in [-0.1, -0.05) is 24.3 Å². The molecule has 7 nitrogen and oxygen atoms in total. The second kappa shape index (κ2) is 8.77. The number of methoxy groups -OCH3 is 1. The minimum absolute atomic E-state index is 0.0534. The molecule has 0 aliphatic heterocycles. The smallest absolute Gasteiger partial charge is 0.337 e. The summed E-state index contributed by atoms with van der Waals surface area (Å²) in [5, 5.41) is 0. The van der Waals surface area contributed by atoms with E-state index in [-0.39, 0.29) is 18.0 Å². The maximum Gasteiger partial charge on any atom is 0.337 e. The van der Waals surface area contributed by atoms with E-state index in [4.69, 9.17) is 0 Å². The summed E-state index contributed by atoms with van der Waals surface area (Å²) in [4.78, 5) is 38.4. The number of hydrogen-bond acceptors (Lipinski definition) is 4. The molecule has 0 saturated heterocycles. The van der Waals surface area contributed by atoms with Crippen LogP contribution in [-0.2, 0) is 29.2 Å². The van der Waals surface area contributed by atoms with Gasteiger partial charge in [0.2, 0.25) is 5.91 Å². The van der Waals surface area contributed by atoms with Crippen LogP contribution in [0.4, 0.5) is 0 Å². The van der Waals surface area contributed by atoms with Gasteiger partial charge in [0.05, 0.1) is 23.7 Å². The first-order valence-electron chi connectivity index (χ1n) is 9.55. The second-order valence-corrected chi connectivity index (χ2v) is 6.86. The predicted octanol–water partition coefficient (Wildman–Crippen LogP) is 2.66. The lowest BCUT2D eigenvalue weighted by atomic mass is 10.1. The topological polar surface area (TPSA) is 73.5 Å². The average Bonchev–Trinajstić information content (AvgIpc) is 3.02. The molecule has 0 fully saturated rings. The van der Waals surface area contributed by atoms with E-state index in [1.165, 1.54) is 7.11 Å². The van der Waals surface area contributed by atoms with Gasteiger partial charge >= 0.3 is 11.7 Å². The van der Waals surface area contributed by atoms with Crippen LogP contribution in [0.25, 0.3) is 11.0 Å². The van der Waals surface area contributed by atoms with E-state index in [0.717, 1.165) is 16.6 Å². The zero-order valence-corrected chi connectivity index (χ0v) is 16.9. The largest absolute Gasteiger partial charge is 0.465 e. The number of para-hydroxylation sites is 2. The minimum Gasteiger partial charge on any atom is -0.465 e. The van der Waals surface area contributed by atoms with Crippen molar-refractivity contribution in [1.29, 1.82) is 0 Å².